The van der Waals surface area contributed by atoms with Gasteiger partial charge in [-0.1, -0.05) is 13.3 Å². The van der Waals surface area contributed by atoms with E-state index in [9.17, 15) is 0 Å². The monoisotopic (exact) mass is 213 g/mol. The fraction of sp³-hybridized carbons (Fsp3) is 1.00. The number of nitrogens with zero attached hydrogens (tertiary/aromatic N) is 1. The lowest BCUT2D eigenvalue weighted by Crippen LogP contribution is -2.55. The van der Waals surface area contributed by atoms with E-state index in [0.29, 0.717) is 6.04 Å². The SMILES string of the molecule is CCCC(N)CC(C)(C)N1CCNCC1. The topological polar surface area (TPSA) is 41.3 Å². The molecule has 90 valence electrons. The van der Waals surface area contributed by atoms with Crippen LogP contribution >= 0.6 is 0 Å². The molecule has 0 radical (unpaired) electrons. The molecule has 1 saturated heterocycles. The van der Waals surface area contributed by atoms with Crippen LogP contribution in [0.5, 0.6) is 0 Å². The average Bonchev–Trinajstić information content (AvgIpc) is 2.18. The van der Waals surface area contributed by atoms with Crippen LogP contribution in [0.3, 0.4) is 0 Å². The Morgan fingerprint density at radius 3 is 2.47 bits per heavy atom. The van der Waals surface area contributed by atoms with Crippen molar-refractivity contribution in [1.82, 2.24) is 10.2 Å². The van der Waals surface area contributed by atoms with E-state index >= 15 is 0 Å². The lowest BCUT2D eigenvalue weighted by atomic mass is 9.91. The first-order valence-electron chi connectivity index (χ1n) is 6.27. The number of piperazine rings is 1. The van der Waals surface area contributed by atoms with Gasteiger partial charge in [-0.05, 0) is 26.7 Å². The first kappa shape index (κ1) is 12.9. The van der Waals surface area contributed by atoms with E-state index in [1.807, 2.05) is 0 Å². The number of hydrogen-bond acceptors (Lipinski definition) is 3. The third-order valence-electron chi connectivity index (χ3n) is 3.39. The zero-order valence-corrected chi connectivity index (χ0v) is 10.6. The van der Waals surface area contributed by atoms with Crippen LogP contribution in [0.15, 0.2) is 0 Å². The molecule has 1 unspecified atom stereocenters. The minimum atomic E-state index is 0.261. The quantitative estimate of drug-likeness (QED) is 0.721. The van der Waals surface area contributed by atoms with Gasteiger partial charge in [0.1, 0.15) is 0 Å². The van der Waals surface area contributed by atoms with Gasteiger partial charge >= 0.3 is 0 Å². The summed E-state index contributed by atoms with van der Waals surface area (Å²) in [5.74, 6) is 0. The van der Waals surface area contributed by atoms with Gasteiger partial charge in [-0.25, -0.2) is 0 Å². The number of hydrogen-bond donors (Lipinski definition) is 2. The second kappa shape index (κ2) is 5.83. The van der Waals surface area contributed by atoms with Crippen molar-refractivity contribution in [3.8, 4) is 0 Å². The van der Waals surface area contributed by atoms with Gasteiger partial charge in [0.15, 0.2) is 0 Å². The Kier molecular flexibility index (Phi) is 5.03. The zero-order valence-electron chi connectivity index (χ0n) is 10.6. The minimum Gasteiger partial charge on any atom is -0.328 e. The lowest BCUT2D eigenvalue weighted by molar-refractivity contribution is 0.0884. The zero-order chi connectivity index (χ0) is 11.3. The number of nitrogens with one attached hydrogen (secondary N) is 1. The van der Waals surface area contributed by atoms with E-state index in [4.69, 9.17) is 5.73 Å². The molecule has 1 aliphatic heterocycles. The van der Waals surface area contributed by atoms with E-state index < -0.39 is 0 Å². The molecule has 1 atom stereocenters. The van der Waals surface area contributed by atoms with Gasteiger partial charge in [0.25, 0.3) is 0 Å². The van der Waals surface area contributed by atoms with Crippen molar-refractivity contribution in [3.05, 3.63) is 0 Å². The summed E-state index contributed by atoms with van der Waals surface area (Å²) in [6, 6.07) is 0.361. The maximum Gasteiger partial charge on any atom is 0.0169 e. The second-order valence-electron chi connectivity index (χ2n) is 5.30. The Labute approximate surface area is 94.4 Å². The van der Waals surface area contributed by atoms with Crippen molar-refractivity contribution < 1.29 is 0 Å². The summed E-state index contributed by atoms with van der Waals surface area (Å²) in [7, 11) is 0. The number of rotatable bonds is 5. The van der Waals surface area contributed by atoms with Gasteiger partial charge in [-0.2, -0.15) is 0 Å². The van der Waals surface area contributed by atoms with E-state index in [2.05, 4.69) is 31.0 Å². The molecule has 0 bridgehead atoms. The Balaban J connectivity index is 2.41. The molecule has 3 heteroatoms. The molecule has 1 heterocycles. The van der Waals surface area contributed by atoms with Gasteiger partial charge < -0.3 is 11.1 Å². The average molecular weight is 213 g/mol. The van der Waals surface area contributed by atoms with Crippen molar-refractivity contribution in [1.29, 1.82) is 0 Å². The van der Waals surface area contributed by atoms with Crippen molar-refractivity contribution in [2.75, 3.05) is 26.2 Å². The first-order chi connectivity index (χ1) is 7.06. The molecule has 0 aliphatic carbocycles. The van der Waals surface area contributed by atoms with Crippen LogP contribution in [0.2, 0.25) is 0 Å². The highest BCUT2D eigenvalue weighted by Crippen LogP contribution is 2.21. The summed E-state index contributed by atoms with van der Waals surface area (Å²) >= 11 is 0. The van der Waals surface area contributed by atoms with Crippen LogP contribution in [-0.4, -0.2) is 42.7 Å². The van der Waals surface area contributed by atoms with Crippen LogP contribution < -0.4 is 11.1 Å². The fourth-order valence-corrected chi connectivity index (χ4v) is 2.51. The smallest absolute Gasteiger partial charge is 0.0169 e. The highest BCUT2D eigenvalue weighted by molar-refractivity contribution is 4.87. The molecule has 1 fully saturated rings. The molecule has 0 aromatic carbocycles. The van der Waals surface area contributed by atoms with Crippen molar-refractivity contribution in [2.24, 2.45) is 5.73 Å². The largest absolute Gasteiger partial charge is 0.328 e. The molecule has 0 saturated carbocycles. The maximum atomic E-state index is 6.13. The van der Waals surface area contributed by atoms with Crippen molar-refractivity contribution in [3.63, 3.8) is 0 Å². The van der Waals surface area contributed by atoms with Crippen LogP contribution in [0.4, 0.5) is 0 Å². The van der Waals surface area contributed by atoms with Crippen LogP contribution in [-0.2, 0) is 0 Å². The van der Waals surface area contributed by atoms with Crippen LogP contribution in [0, 0.1) is 0 Å². The molecule has 0 aromatic heterocycles. The summed E-state index contributed by atoms with van der Waals surface area (Å²) in [5.41, 5.74) is 6.40. The first-order valence-corrected chi connectivity index (χ1v) is 6.27. The van der Waals surface area contributed by atoms with E-state index in [-0.39, 0.29) is 5.54 Å². The minimum absolute atomic E-state index is 0.261. The Morgan fingerprint density at radius 2 is 1.93 bits per heavy atom. The van der Waals surface area contributed by atoms with Crippen LogP contribution in [0.25, 0.3) is 0 Å². The molecule has 15 heavy (non-hydrogen) atoms. The van der Waals surface area contributed by atoms with Crippen molar-refractivity contribution in [2.45, 2.75) is 51.6 Å². The summed E-state index contributed by atoms with van der Waals surface area (Å²) in [5, 5.41) is 3.39. The highest BCUT2D eigenvalue weighted by Gasteiger charge is 2.29. The summed E-state index contributed by atoms with van der Waals surface area (Å²) < 4.78 is 0. The molecule has 0 aromatic rings. The van der Waals surface area contributed by atoms with Gasteiger partial charge in [0, 0.05) is 37.8 Å². The second-order valence-corrected chi connectivity index (χ2v) is 5.30. The summed E-state index contributed by atoms with van der Waals surface area (Å²) in [4.78, 5) is 2.57. The van der Waals surface area contributed by atoms with E-state index in [0.717, 1.165) is 39.0 Å². The van der Waals surface area contributed by atoms with Gasteiger partial charge in [-0.15, -0.1) is 0 Å². The third-order valence-corrected chi connectivity index (χ3v) is 3.39. The molecule has 0 spiro atoms. The standard InChI is InChI=1S/C12H27N3/c1-4-5-11(13)10-12(2,3)15-8-6-14-7-9-15/h11,14H,4-10,13H2,1-3H3. The molecule has 1 aliphatic rings. The number of nitrogens with two attached hydrogens (primary N) is 1. The van der Waals surface area contributed by atoms with E-state index in [1.165, 1.54) is 6.42 Å². The summed E-state index contributed by atoms with van der Waals surface area (Å²) in [6.45, 7) is 11.4. The van der Waals surface area contributed by atoms with E-state index in [1.54, 1.807) is 0 Å². The lowest BCUT2D eigenvalue weighted by Gasteiger charge is -2.42. The molecule has 3 N–H and O–H groups in total. The Morgan fingerprint density at radius 1 is 1.33 bits per heavy atom. The summed E-state index contributed by atoms with van der Waals surface area (Å²) in [6.07, 6.45) is 3.45. The predicted octanol–water partition coefficient (Wildman–Crippen LogP) is 1.19. The highest BCUT2D eigenvalue weighted by atomic mass is 15.2. The van der Waals surface area contributed by atoms with Gasteiger partial charge in [0.05, 0.1) is 0 Å². The third kappa shape index (κ3) is 4.09. The molecule has 1 rings (SSSR count). The normalized spacial score (nSPS) is 21.6. The van der Waals surface area contributed by atoms with Gasteiger partial charge in [-0.3, -0.25) is 4.90 Å². The molecule has 0 amide bonds. The molecular weight excluding hydrogens is 186 g/mol. The fourth-order valence-electron chi connectivity index (χ4n) is 2.51. The molecule has 3 nitrogen and oxygen atoms in total. The van der Waals surface area contributed by atoms with Gasteiger partial charge in [0.2, 0.25) is 0 Å². The maximum absolute atomic E-state index is 6.13. The Hall–Kier alpha value is -0.120. The predicted molar refractivity (Wildman–Crippen MR) is 66.0 cm³/mol. The van der Waals surface area contributed by atoms with Crippen molar-refractivity contribution >= 4 is 0 Å². The Bertz CT molecular complexity index is 174. The van der Waals surface area contributed by atoms with Crippen LogP contribution in [0.1, 0.15) is 40.0 Å². The molecular formula is C12H27N3.